The monoisotopic (exact) mass is 670 g/mol. The lowest BCUT2D eigenvalue weighted by atomic mass is 10.1. The molecule has 48 heavy (non-hydrogen) atoms. The number of aromatic amines is 1. The molecule has 3 rings (SSSR count). The van der Waals surface area contributed by atoms with Crippen LogP contribution in [0.25, 0.3) is 22.6 Å². The van der Waals surface area contributed by atoms with Gasteiger partial charge in [-0.25, -0.2) is 9.78 Å². The summed E-state index contributed by atoms with van der Waals surface area (Å²) in [6, 6.07) is 3.58. The maximum Gasteiger partial charge on any atom is 0.349 e. The third kappa shape index (κ3) is 11.0. The highest BCUT2D eigenvalue weighted by Crippen LogP contribution is 2.26. The van der Waals surface area contributed by atoms with Crippen molar-refractivity contribution < 1.29 is 33.7 Å². The molecule has 0 unspecified atom stereocenters. The SMILES string of the molecule is CCCCCC(=O)OC[C@H](OC(=O)CCCCC)[C@H](OC(=O)CCCCC)[C@H](O)Cn1c2nc(=O)[nH]c(=O)c-2nc2cc(C)c(C)cc21. The van der Waals surface area contributed by atoms with Crippen molar-refractivity contribution in [2.45, 2.75) is 137 Å². The van der Waals surface area contributed by atoms with Gasteiger partial charge in [0.2, 0.25) is 0 Å². The van der Waals surface area contributed by atoms with Gasteiger partial charge in [-0.1, -0.05) is 59.3 Å². The highest BCUT2D eigenvalue weighted by Gasteiger charge is 2.37. The normalized spacial score (nSPS) is 13.3. The molecule has 0 aliphatic carbocycles. The van der Waals surface area contributed by atoms with Gasteiger partial charge in [-0.3, -0.25) is 24.2 Å². The number of carbonyl (C=O) groups is 3. The zero-order chi connectivity index (χ0) is 35.2. The van der Waals surface area contributed by atoms with E-state index in [2.05, 4.69) is 15.0 Å². The molecule has 0 saturated carbocycles. The summed E-state index contributed by atoms with van der Waals surface area (Å²) in [6.45, 7) is 9.00. The third-order valence-corrected chi connectivity index (χ3v) is 8.25. The van der Waals surface area contributed by atoms with Gasteiger partial charge < -0.3 is 23.9 Å². The number of hydrogen-bond acceptors (Lipinski definition) is 11. The lowest BCUT2D eigenvalue weighted by Gasteiger charge is -2.31. The number of carbonyl (C=O) groups excluding carboxylic acids is 3. The smallest absolute Gasteiger partial charge is 0.349 e. The number of aliphatic hydroxyl groups excluding tert-OH is 1. The number of aliphatic hydroxyl groups is 1. The summed E-state index contributed by atoms with van der Waals surface area (Å²) in [5.41, 5.74) is 0.899. The minimum atomic E-state index is -1.57. The Labute approximate surface area is 280 Å². The van der Waals surface area contributed by atoms with Crippen LogP contribution >= 0.6 is 0 Å². The molecular formula is C35H50N4O9. The third-order valence-electron chi connectivity index (χ3n) is 8.25. The molecule has 0 aromatic heterocycles. The van der Waals surface area contributed by atoms with Crippen LogP contribution in [0.15, 0.2) is 21.7 Å². The predicted octanol–water partition coefficient (Wildman–Crippen LogP) is 4.67. The van der Waals surface area contributed by atoms with E-state index >= 15 is 0 Å². The largest absolute Gasteiger partial charge is 0.462 e. The number of fused-ring (bicyclic) bond motifs is 2. The molecular weight excluding hydrogens is 620 g/mol. The van der Waals surface area contributed by atoms with Crippen LogP contribution in [0.3, 0.4) is 0 Å². The molecule has 2 heterocycles. The van der Waals surface area contributed by atoms with Gasteiger partial charge in [-0.2, -0.15) is 4.98 Å². The maximum absolute atomic E-state index is 13.1. The molecule has 13 heteroatoms. The van der Waals surface area contributed by atoms with E-state index in [1.54, 1.807) is 12.1 Å². The van der Waals surface area contributed by atoms with Gasteiger partial charge in [0.25, 0.3) is 5.56 Å². The van der Waals surface area contributed by atoms with Gasteiger partial charge >= 0.3 is 23.6 Å². The molecule has 1 aromatic rings. The number of hydrogen-bond donors (Lipinski definition) is 2. The number of nitrogens with one attached hydrogen (secondary N) is 1. The molecule has 0 saturated heterocycles. The summed E-state index contributed by atoms with van der Waals surface area (Å²) in [7, 11) is 0. The fraction of sp³-hybridized carbons (Fsp3) is 0.629. The number of nitrogens with zero attached hydrogens (tertiary/aromatic N) is 3. The Morgan fingerprint density at radius 3 is 1.98 bits per heavy atom. The molecule has 0 amide bonds. The van der Waals surface area contributed by atoms with Crippen molar-refractivity contribution in [1.29, 1.82) is 0 Å². The first-order valence-electron chi connectivity index (χ1n) is 17.1. The number of unbranched alkanes of at least 4 members (excludes halogenated alkanes) is 6. The maximum atomic E-state index is 13.1. The van der Waals surface area contributed by atoms with E-state index in [4.69, 9.17) is 14.2 Å². The number of esters is 3. The highest BCUT2D eigenvalue weighted by molar-refractivity contribution is 5.81. The molecule has 13 nitrogen and oxygen atoms in total. The van der Waals surface area contributed by atoms with Crippen molar-refractivity contribution in [3.05, 3.63) is 44.1 Å². The summed E-state index contributed by atoms with van der Waals surface area (Å²) in [5, 5.41) is 11.9. The van der Waals surface area contributed by atoms with Crippen LogP contribution in [-0.2, 0) is 35.1 Å². The highest BCUT2D eigenvalue weighted by atomic mass is 16.6. The van der Waals surface area contributed by atoms with E-state index in [1.165, 1.54) is 4.57 Å². The van der Waals surface area contributed by atoms with Crippen molar-refractivity contribution in [1.82, 2.24) is 19.5 Å². The Morgan fingerprint density at radius 1 is 0.812 bits per heavy atom. The van der Waals surface area contributed by atoms with Crippen LogP contribution in [0.1, 0.15) is 109 Å². The minimum Gasteiger partial charge on any atom is -0.462 e. The topological polar surface area (TPSA) is 180 Å². The van der Waals surface area contributed by atoms with Crippen molar-refractivity contribution in [3.8, 4) is 11.5 Å². The van der Waals surface area contributed by atoms with Crippen LogP contribution in [0, 0.1) is 13.8 Å². The number of aryl methyl sites for hydroxylation is 2. The second kappa shape index (κ2) is 19.0. The molecule has 1 aromatic carbocycles. The van der Waals surface area contributed by atoms with E-state index < -0.39 is 54.1 Å². The number of aromatic nitrogens is 4. The van der Waals surface area contributed by atoms with Gasteiger partial charge in [0.05, 0.1) is 17.6 Å². The Balaban J connectivity index is 2.07. The summed E-state index contributed by atoms with van der Waals surface area (Å²) in [6.07, 6.45) is 2.80. The molecule has 0 fully saturated rings. The number of ether oxygens (including phenoxy) is 3. The number of rotatable bonds is 20. The van der Waals surface area contributed by atoms with Gasteiger partial charge in [0.1, 0.15) is 12.7 Å². The van der Waals surface area contributed by atoms with Crippen molar-refractivity contribution >= 4 is 28.9 Å². The summed E-state index contributed by atoms with van der Waals surface area (Å²) in [4.78, 5) is 74.4. The Bertz CT molecular complexity index is 1620. The van der Waals surface area contributed by atoms with Crippen LogP contribution in [-0.4, -0.2) is 67.5 Å². The summed E-state index contributed by atoms with van der Waals surface area (Å²) in [5.74, 6) is -1.79. The second-order valence-corrected chi connectivity index (χ2v) is 12.3. The molecule has 2 aliphatic rings. The second-order valence-electron chi connectivity index (χ2n) is 12.3. The van der Waals surface area contributed by atoms with E-state index in [-0.39, 0.29) is 37.3 Å². The average molecular weight is 671 g/mol. The fourth-order valence-electron chi connectivity index (χ4n) is 5.37. The average Bonchev–Trinajstić information content (AvgIpc) is 3.03. The quantitative estimate of drug-likeness (QED) is 0.0738. The molecule has 2 aliphatic heterocycles. The number of H-pyrrole nitrogens is 1. The molecule has 264 valence electrons. The molecule has 3 atom stereocenters. The molecule has 2 N–H and O–H groups in total. The Hall–Kier alpha value is -4.13. The first-order valence-corrected chi connectivity index (χ1v) is 17.1. The first kappa shape index (κ1) is 38.3. The zero-order valence-corrected chi connectivity index (χ0v) is 28.8. The van der Waals surface area contributed by atoms with Gasteiger partial charge in [-0.05, 0) is 56.4 Å². The summed E-state index contributed by atoms with van der Waals surface area (Å²) >= 11 is 0. The van der Waals surface area contributed by atoms with E-state index in [1.807, 2.05) is 34.6 Å². The Kier molecular flexibility index (Phi) is 15.2. The van der Waals surface area contributed by atoms with Crippen LogP contribution in [0.4, 0.5) is 0 Å². The van der Waals surface area contributed by atoms with Crippen LogP contribution < -0.4 is 11.2 Å². The van der Waals surface area contributed by atoms with Crippen molar-refractivity contribution in [2.24, 2.45) is 0 Å². The number of benzene rings is 1. The standard InChI is InChI=1S/C35H50N4O9/c1-6-9-12-15-28(41)46-21-27(47-29(42)16-13-10-7-2)32(48-30(43)17-14-11-8-3)26(40)20-39-25-19-23(5)22(4)18-24(25)36-31-33(39)37-35(45)38-34(31)44/h18-19,26-27,32,40H,6-17,20-21H2,1-5H3,(H,38,44,45)/t26-,27+,32-/m1/s1. The Morgan fingerprint density at radius 2 is 1.38 bits per heavy atom. The van der Waals surface area contributed by atoms with Gasteiger partial charge in [0, 0.05) is 19.3 Å². The van der Waals surface area contributed by atoms with Gasteiger partial charge in [-0.15, -0.1) is 0 Å². The molecule has 0 spiro atoms. The van der Waals surface area contributed by atoms with Gasteiger partial charge in [0.15, 0.2) is 23.7 Å². The lowest BCUT2D eigenvalue weighted by molar-refractivity contribution is -0.186. The van der Waals surface area contributed by atoms with Crippen LogP contribution in [0.5, 0.6) is 0 Å². The zero-order valence-electron chi connectivity index (χ0n) is 28.8. The van der Waals surface area contributed by atoms with E-state index in [0.717, 1.165) is 49.7 Å². The van der Waals surface area contributed by atoms with Crippen LogP contribution in [0.2, 0.25) is 0 Å². The van der Waals surface area contributed by atoms with Crippen molar-refractivity contribution in [3.63, 3.8) is 0 Å². The summed E-state index contributed by atoms with van der Waals surface area (Å²) < 4.78 is 18.6. The molecule has 0 bridgehead atoms. The lowest BCUT2D eigenvalue weighted by Crippen LogP contribution is -2.48. The van der Waals surface area contributed by atoms with Crippen molar-refractivity contribution in [2.75, 3.05) is 6.61 Å². The fourth-order valence-corrected chi connectivity index (χ4v) is 5.37. The molecule has 0 radical (unpaired) electrons. The predicted molar refractivity (Wildman–Crippen MR) is 180 cm³/mol. The van der Waals surface area contributed by atoms with E-state index in [9.17, 15) is 29.1 Å². The minimum absolute atomic E-state index is 0.0637. The van der Waals surface area contributed by atoms with E-state index in [0.29, 0.717) is 30.3 Å². The first-order chi connectivity index (χ1) is 23.0.